The molecule has 1 saturated carbocycles. The largest absolute Gasteiger partial charge is 0.464 e. The van der Waals surface area contributed by atoms with Crippen molar-refractivity contribution >= 4 is 16.9 Å². The minimum absolute atomic E-state index is 0.0145. The molecule has 1 aromatic heterocycles. The van der Waals surface area contributed by atoms with E-state index in [1.54, 1.807) is 6.26 Å². The molecular weight excluding hydrogens is 329 g/mol. The number of hydrogen-bond acceptors (Lipinski definition) is 2. The van der Waals surface area contributed by atoms with Crippen LogP contribution in [0, 0.1) is 19.7 Å². The van der Waals surface area contributed by atoms with Gasteiger partial charge in [-0.15, -0.1) is 0 Å². The van der Waals surface area contributed by atoms with Crippen LogP contribution >= 0.6 is 0 Å². The lowest BCUT2D eigenvalue weighted by molar-refractivity contribution is -0.120. The summed E-state index contributed by atoms with van der Waals surface area (Å²) < 4.78 is 18.8. The molecule has 0 saturated heterocycles. The first-order valence-corrected chi connectivity index (χ1v) is 8.97. The third kappa shape index (κ3) is 3.00. The molecule has 4 rings (SSSR count). The summed E-state index contributed by atoms with van der Waals surface area (Å²) in [5.74, 6) is -0.245. The van der Waals surface area contributed by atoms with Crippen LogP contribution in [0.3, 0.4) is 0 Å². The minimum Gasteiger partial charge on any atom is -0.464 e. The van der Waals surface area contributed by atoms with Gasteiger partial charge in [-0.05, 0) is 55.5 Å². The Kier molecular flexibility index (Phi) is 4.06. The van der Waals surface area contributed by atoms with E-state index in [0.29, 0.717) is 13.0 Å². The van der Waals surface area contributed by atoms with Crippen molar-refractivity contribution in [2.75, 3.05) is 6.54 Å². The van der Waals surface area contributed by atoms with Crippen molar-refractivity contribution in [1.82, 2.24) is 5.32 Å². The van der Waals surface area contributed by atoms with E-state index in [-0.39, 0.29) is 17.1 Å². The van der Waals surface area contributed by atoms with Crippen LogP contribution in [0.2, 0.25) is 0 Å². The molecule has 1 aliphatic rings. The second-order valence-electron chi connectivity index (χ2n) is 7.39. The molecule has 26 heavy (non-hydrogen) atoms. The van der Waals surface area contributed by atoms with Gasteiger partial charge in [-0.3, -0.25) is 4.79 Å². The van der Waals surface area contributed by atoms with Gasteiger partial charge in [-0.2, -0.15) is 0 Å². The fraction of sp³-hybridized carbons (Fsp3) is 0.318. The van der Waals surface area contributed by atoms with Gasteiger partial charge in [-0.25, -0.2) is 4.39 Å². The Morgan fingerprint density at radius 2 is 1.88 bits per heavy atom. The first kappa shape index (κ1) is 16.8. The number of hydrogen-bond donors (Lipinski definition) is 1. The van der Waals surface area contributed by atoms with E-state index >= 15 is 0 Å². The molecule has 134 valence electrons. The lowest BCUT2D eigenvalue weighted by Crippen LogP contribution is -2.33. The van der Waals surface area contributed by atoms with Gasteiger partial charge in [0.25, 0.3) is 0 Å². The molecular formula is C22H22FNO2. The fourth-order valence-corrected chi connectivity index (χ4v) is 3.55. The number of fused-ring (bicyclic) bond motifs is 1. The van der Waals surface area contributed by atoms with Crippen molar-refractivity contribution < 1.29 is 13.6 Å². The Morgan fingerprint density at radius 3 is 2.58 bits per heavy atom. The predicted octanol–water partition coefficient (Wildman–Crippen LogP) is 4.58. The average molecular weight is 351 g/mol. The molecule has 0 bridgehead atoms. The van der Waals surface area contributed by atoms with Gasteiger partial charge in [0.2, 0.25) is 5.91 Å². The van der Waals surface area contributed by atoms with Gasteiger partial charge in [0.1, 0.15) is 11.4 Å². The van der Waals surface area contributed by atoms with Gasteiger partial charge in [0.15, 0.2) is 0 Å². The first-order chi connectivity index (χ1) is 12.5. The summed E-state index contributed by atoms with van der Waals surface area (Å²) in [5, 5.41) is 4.06. The number of halogens is 1. The van der Waals surface area contributed by atoms with E-state index in [1.807, 2.05) is 32.0 Å². The average Bonchev–Trinajstić information content (AvgIpc) is 3.32. The maximum Gasteiger partial charge on any atom is 0.224 e. The Bertz CT molecular complexity index is 968. The second kappa shape index (κ2) is 6.27. The lowest BCUT2D eigenvalue weighted by Gasteiger charge is -2.16. The molecule has 0 spiro atoms. The molecule has 0 unspecified atom stereocenters. The first-order valence-electron chi connectivity index (χ1n) is 8.97. The summed E-state index contributed by atoms with van der Waals surface area (Å²) in [5.41, 5.74) is 5.12. The number of amides is 1. The molecule has 1 heterocycles. The van der Waals surface area contributed by atoms with Crippen LogP contribution in [0.4, 0.5) is 4.39 Å². The molecule has 3 nitrogen and oxygen atoms in total. The summed E-state index contributed by atoms with van der Waals surface area (Å²) in [6.07, 6.45) is 4.02. The Labute approximate surface area is 152 Å². The SMILES string of the molecule is Cc1ccc2c(CC(=O)NCC3(c4ccc(F)cc4)CC3)coc2c1C. The smallest absolute Gasteiger partial charge is 0.224 e. The van der Waals surface area contributed by atoms with Gasteiger partial charge in [-0.1, -0.05) is 24.3 Å². The zero-order chi connectivity index (χ0) is 18.3. The van der Waals surface area contributed by atoms with E-state index in [1.165, 1.54) is 17.7 Å². The van der Waals surface area contributed by atoms with Crippen LogP contribution in [0.15, 0.2) is 47.1 Å². The van der Waals surface area contributed by atoms with Gasteiger partial charge >= 0.3 is 0 Å². The number of furan rings is 1. The summed E-state index contributed by atoms with van der Waals surface area (Å²) in [6, 6.07) is 10.7. The maximum absolute atomic E-state index is 13.1. The zero-order valence-corrected chi connectivity index (χ0v) is 15.1. The van der Waals surface area contributed by atoms with E-state index in [2.05, 4.69) is 11.4 Å². The number of nitrogens with one attached hydrogen (secondary N) is 1. The highest BCUT2D eigenvalue weighted by Crippen LogP contribution is 2.47. The van der Waals surface area contributed by atoms with Crippen LogP contribution in [0.25, 0.3) is 11.0 Å². The highest BCUT2D eigenvalue weighted by Gasteiger charge is 2.44. The molecule has 4 heteroatoms. The molecule has 1 N–H and O–H groups in total. The second-order valence-corrected chi connectivity index (χ2v) is 7.39. The van der Waals surface area contributed by atoms with Crippen LogP contribution in [-0.2, 0) is 16.6 Å². The summed E-state index contributed by atoms with van der Waals surface area (Å²) >= 11 is 0. The van der Waals surface area contributed by atoms with E-state index in [0.717, 1.165) is 40.5 Å². The van der Waals surface area contributed by atoms with Crippen molar-refractivity contribution in [3.8, 4) is 0 Å². The number of carbonyl (C=O) groups excluding carboxylic acids is 1. The third-order valence-electron chi connectivity index (χ3n) is 5.63. The Morgan fingerprint density at radius 1 is 1.15 bits per heavy atom. The zero-order valence-electron chi connectivity index (χ0n) is 15.1. The Balaban J connectivity index is 1.43. The van der Waals surface area contributed by atoms with E-state index in [4.69, 9.17) is 4.42 Å². The number of rotatable bonds is 5. The summed E-state index contributed by atoms with van der Waals surface area (Å²) in [7, 11) is 0. The monoisotopic (exact) mass is 351 g/mol. The highest BCUT2D eigenvalue weighted by molar-refractivity contribution is 5.89. The van der Waals surface area contributed by atoms with Crippen molar-refractivity contribution in [2.45, 2.75) is 38.5 Å². The topological polar surface area (TPSA) is 42.2 Å². The molecule has 1 amide bonds. The van der Waals surface area contributed by atoms with Crippen LogP contribution < -0.4 is 5.32 Å². The fourth-order valence-electron chi connectivity index (χ4n) is 3.55. The van der Waals surface area contributed by atoms with E-state index < -0.39 is 0 Å². The molecule has 3 aromatic rings. The van der Waals surface area contributed by atoms with Crippen molar-refractivity contribution in [1.29, 1.82) is 0 Å². The number of aryl methyl sites for hydroxylation is 2. The minimum atomic E-state index is -0.231. The predicted molar refractivity (Wildman–Crippen MR) is 99.7 cm³/mol. The maximum atomic E-state index is 13.1. The molecule has 1 aliphatic carbocycles. The molecule has 1 fully saturated rings. The summed E-state index contributed by atoms with van der Waals surface area (Å²) in [6.45, 7) is 4.67. The van der Waals surface area contributed by atoms with Crippen LogP contribution in [-0.4, -0.2) is 12.5 Å². The van der Waals surface area contributed by atoms with Gasteiger partial charge in [0, 0.05) is 22.9 Å². The molecule has 0 aliphatic heterocycles. The standard InChI is InChI=1S/C22H22FNO2/c1-14-3-8-19-16(12-26-21(19)15(14)2)11-20(25)24-13-22(9-10-22)17-4-6-18(23)7-5-17/h3-8,12H,9-11,13H2,1-2H3,(H,24,25). The lowest BCUT2D eigenvalue weighted by atomic mass is 9.96. The molecule has 0 radical (unpaired) electrons. The van der Waals surface area contributed by atoms with Crippen molar-refractivity contribution in [3.63, 3.8) is 0 Å². The van der Waals surface area contributed by atoms with Crippen LogP contribution in [0.5, 0.6) is 0 Å². The van der Waals surface area contributed by atoms with Crippen molar-refractivity contribution in [2.24, 2.45) is 0 Å². The van der Waals surface area contributed by atoms with Gasteiger partial charge in [0.05, 0.1) is 12.7 Å². The van der Waals surface area contributed by atoms with Crippen LogP contribution in [0.1, 0.15) is 35.1 Å². The molecule has 2 aromatic carbocycles. The van der Waals surface area contributed by atoms with E-state index in [9.17, 15) is 9.18 Å². The highest BCUT2D eigenvalue weighted by atomic mass is 19.1. The van der Waals surface area contributed by atoms with Gasteiger partial charge < -0.3 is 9.73 Å². The Hall–Kier alpha value is -2.62. The molecule has 0 atom stereocenters. The number of carbonyl (C=O) groups is 1. The van der Waals surface area contributed by atoms with Crippen molar-refractivity contribution in [3.05, 3.63) is 70.7 Å². The normalized spacial score (nSPS) is 15.2. The quantitative estimate of drug-likeness (QED) is 0.731. The summed E-state index contributed by atoms with van der Waals surface area (Å²) in [4.78, 5) is 12.5. The number of benzene rings is 2. The third-order valence-corrected chi connectivity index (χ3v) is 5.63.